The smallest absolute Gasteiger partial charge is 0.394 e. The standard InChI is InChI=1S/C33H35F7N4O2/c1-19-10-23(34)7-8-26(19)27-14-29(44-17-24-6-5-9-43(24)16-25(44)18-45)41-15-28(27)42(4)30(46)31(2,3)20-11-21(32(35,36)37)13-22(12-20)33(38,39)40/h7-8,10-15,24-25,45H,5-6,9,16-18H2,1-4H3/t24?,25-/m0/s1. The van der Waals surface area contributed by atoms with E-state index in [1.807, 2.05) is 4.90 Å². The van der Waals surface area contributed by atoms with E-state index in [-0.39, 0.29) is 30.4 Å². The summed E-state index contributed by atoms with van der Waals surface area (Å²) in [5.41, 5.74) is -3.58. The first-order valence-corrected chi connectivity index (χ1v) is 14.9. The highest BCUT2D eigenvalue weighted by Crippen LogP contribution is 2.42. The van der Waals surface area contributed by atoms with Crippen LogP contribution in [0.2, 0.25) is 0 Å². The number of aliphatic hydroxyl groups is 1. The Kier molecular flexibility index (Phi) is 8.88. The molecule has 1 N–H and O–H groups in total. The fraction of sp³-hybridized carbons (Fsp3) is 0.455. The third-order valence-electron chi connectivity index (χ3n) is 9.15. The maximum absolute atomic E-state index is 14.1. The number of nitrogens with zero attached hydrogens (tertiary/aromatic N) is 4. The van der Waals surface area contributed by atoms with Crippen molar-refractivity contribution in [2.75, 3.05) is 43.1 Å². The zero-order chi connectivity index (χ0) is 33.8. The zero-order valence-electron chi connectivity index (χ0n) is 25.8. The molecule has 2 atom stereocenters. The second-order valence-electron chi connectivity index (χ2n) is 12.6. The van der Waals surface area contributed by atoms with Gasteiger partial charge in [0.15, 0.2) is 0 Å². The van der Waals surface area contributed by atoms with Gasteiger partial charge in [0, 0.05) is 31.7 Å². The molecule has 2 fully saturated rings. The normalized spacial score (nSPS) is 19.3. The molecular formula is C33H35F7N4O2. The number of alkyl halides is 6. The van der Waals surface area contributed by atoms with Gasteiger partial charge in [-0.1, -0.05) is 6.07 Å². The lowest BCUT2D eigenvalue weighted by molar-refractivity contribution is -0.143. The molecule has 0 aliphatic carbocycles. The summed E-state index contributed by atoms with van der Waals surface area (Å²) in [6.07, 6.45) is -6.70. The number of rotatable bonds is 6. The molecule has 2 aromatic carbocycles. The van der Waals surface area contributed by atoms with Crippen LogP contribution < -0.4 is 9.80 Å². The third kappa shape index (κ3) is 6.44. The van der Waals surface area contributed by atoms with Crippen LogP contribution in [0.4, 0.5) is 42.2 Å². The Bertz CT molecular complexity index is 1590. The number of aromatic nitrogens is 1. The van der Waals surface area contributed by atoms with E-state index in [2.05, 4.69) is 9.88 Å². The van der Waals surface area contributed by atoms with E-state index in [4.69, 9.17) is 0 Å². The summed E-state index contributed by atoms with van der Waals surface area (Å²) in [5.74, 6) is -0.755. The molecule has 1 aromatic heterocycles. The number of piperazine rings is 1. The number of amides is 1. The predicted octanol–water partition coefficient (Wildman–Crippen LogP) is 6.82. The molecule has 3 heterocycles. The molecule has 5 rings (SSSR count). The quantitative estimate of drug-likeness (QED) is 0.297. The average Bonchev–Trinajstić information content (AvgIpc) is 3.46. The number of hydrogen-bond donors (Lipinski definition) is 1. The Morgan fingerprint density at radius 2 is 1.59 bits per heavy atom. The fourth-order valence-corrected chi connectivity index (χ4v) is 6.50. The number of benzene rings is 2. The van der Waals surface area contributed by atoms with Crippen LogP contribution in [0.5, 0.6) is 0 Å². The summed E-state index contributed by atoms with van der Waals surface area (Å²) >= 11 is 0. The van der Waals surface area contributed by atoms with E-state index in [1.54, 1.807) is 13.0 Å². The number of anilines is 2. The Morgan fingerprint density at radius 1 is 0.957 bits per heavy atom. The summed E-state index contributed by atoms with van der Waals surface area (Å²) in [6.45, 7) is 6.28. The number of carbonyl (C=O) groups is 1. The lowest BCUT2D eigenvalue weighted by Crippen LogP contribution is -2.57. The highest BCUT2D eigenvalue weighted by Gasteiger charge is 2.42. The van der Waals surface area contributed by atoms with Crippen LogP contribution in [-0.4, -0.2) is 66.3 Å². The minimum Gasteiger partial charge on any atom is -0.394 e. The van der Waals surface area contributed by atoms with Gasteiger partial charge in [0.1, 0.15) is 11.6 Å². The predicted molar refractivity (Wildman–Crippen MR) is 160 cm³/mol. The van der Waals surface area contributed by atoms with Gasteiger partial charge in [-0.15, -0.1) is 0 Å². The van der Waals surface area contributed by atoms with Gasteiger partial charge in [-0.2, -0.15) is 26.3 Å². The number of aryl methyl sites for hydroxylation is 1. The van der Waals surface area contributed by atoms with Crippen molar-refractivity contribution in [1.82, 2.24) is 9.88 Å². The number of fused-ring (bicyclic) bond motifs is 1. The molecule has 2 aliphatic heterocycles. The van der Waals surface area contributed by atoms with E-state index in [9.17, 15) is 40.6 Å². The van der Waals surface area contributed by atoms with Crippen molar-refractivity contribution in [3.05, 3.63) is 76.7 Å². The third-order valence-corrected chi connectivity index (χ3v) is 9.15. The second kappa shape index (κ2) is 12.1. The largest absolute Gasteiger partial charge is 0.416 e. The van der Waals surface area contributed by atoms with Crippen molar-refractivity contribution in [2.45, 2.75) is 63.5 Å². The molecule has 1 amide bonds. The molecule has 3 aromatic rings. The number of pyridine rings is 1. The van der Waals surface area contributed by atoms with Gasteiger partial charge < -0.3 is 14.9 Å². The first-order chi connectivity index (χ1) is 21.4. The van der Waals surface area contributed by atoms with E-state index >= 15 is 0 Å². The number of carbonyl (C=O) groups excluding carboxylic acids is 1. The molecule has 0 radical (unpaired) electrons. The summed E-state index contributed by atoms with van der Waals surface area (Å²) in [6, 6.07) is 7.01. The maximum atomic E-state index is 14.1. The lowest BCUT2D eigenvalue weighted by Gasteiger charge is -2.44. The SMILES string of the molecule is Cc1cc(F)ccc1-c1cc(N2CC3CCCN3C[C@H]2CO)ncc1N(C)C(=O)C(C)(C)c1cc(C(F)(F)F)cc(C(F)(F)F)c1. The molecule has 2 saturated heterocycles. The molecule has 13 heteroatoms. The lowest BCUT2D eigenvalue weighted by atomic mass is 9.81. The highest BCUT2D eigenvalue weighted by atomic mass is 19.4. The molecule has 46 heavy (non-hydrogen) atoms. The molecule has 1 unspecified atom stereocenters. The van der Waals surface area contributed by atoms with E-state index in [0.717, 1.165) is 24.3 Å². The molecule has 2 aliphatic rings. The van der Waals surface area contributed by atoms with Gasteiger partial charge in [0.2, 0.25) is 5.91 Å². The molecule has 248 valence electrons. The summed E-state index contributed by atoms with van der Waals surface area (Å²) < 4.78 is 96.1. The first kappa shape index (κ1) is 33.6. The van der Waals surface area contributed by atoms with E-state index in [0.29, 0.717) is 47.7 Å². The van der Waals surface area contributed by atoms with E-state index < -0.39 is 46.2 Å². The summed E-state index contributed by atoms with van der Waals surface area (Å²) in [5, 5.41) is 10.2. The Labute approximate surface area is 262 Å². The number of halogens is 7. The number of aliphatic hydroxyl groups excluding tert-OH is 1. The Hall–Kier alpha value is -3.71. The second-order valence-corrected chi connectivity index (χ2v) is 12.6. The van der Waals surface area contributed by atoms with Crippen molar-refractivity contribution in [3.8, 4) is 11.1 Å². The molecular weight excluding hydrogens is 617 g/mol. The van der Waals surface area contributed by atoms with Gasteiger partial charge in [-0.05, 0) is 93.2 Å². The van der Waals surface area contributed by atoms with Gasteiger partial charge in [-0.25, -0.2) is 9.37 Å². The van der Waals surface area contributed by atoms with Crippen LogP contribution in [0.3, 0.4) is 0 Å². The summed E-state index contributed by atoms with van der Waals surface area (Å²) in [7, 11) is 1.37. The van der Waals surface area contributed by atoms with Gasteiger partial charge in [0.05, 0.1) is 41.1 Å². The topological polar surface area (TPSA) is 59.9 Å². The van der Waals surface area contributed by atoms with Gasteiger partial charge in [0.25, 0.3) is 0 Å². The summed E-state index contributed by atoms with van der Waals surface area (Å²) in [4.78, 5) is 24.2. The Balaban J connectivity index is 1.59. The zero-order valence-corrected chi connectivity index (χ0v) is 25.8. The minimum atomic E-state index is -5.08. The first-order valence-electron chi connectivity index (χ1n) is 14.9. The van der Waals surface area contributed by atoms with Gasteiger partial charge in [-0.3, -0.25) is 9.69 Å². The van der Waals surface area contributed by atoms with Crippen molar-refractivity contribution >= 4 is 17.4 Å². The molecule has 0 bridgehead atoms. The van der Waals surface area contributed by atoms with Crippen LogP contribution in [0.15, 0.2) is 48.7 Å². The number of hydrogen-bond acceptors (Lipinski definition) is 5. The Morgan fingerprint density at radius 3 is 2.17 bits per heavy atom. The van der Waals surface area contributed by atoms with Crippen LogP contribution in [0, 0.1) is 12.7 Å². The van der Waals surface area contributed by atoms with Crippen LogP contribution >= 0.6 is 0 Å². The van der Waals surface area contributed by atoms with Crippen LogP contribution in [0.1, 0.15) is 48.9 Å². The van der Waals surface area contributed by atoms with Crippen molar-refractivity contribution in [1.29, 1.82) is 0 Å². The average molecular weight is 653 g/mol. The van der Waals surface area contributed by atoms with Crippen molar-refractivity contribution in [2.24, 2.45) is 0 Å². The number of likely N-dealkylation sites (N-methyl/N-ethyl adjacent to an activating group) is 1. The van der Waals surface area contributed by atoms with Crippen LogP contribution in [0.25, 0.3) is 11.1 Å². The highest BCUT2D eigenvalue weighted by molar-refractivity contribution is 6.03. The van der Waals surface area contributed by atoms with Crippen molar-refractivity contribution < 1.29 is 40.6 Å². The molecule has 6 nitrogen and oxygen atoms in total. The monoisotopic (exact) mass is 652 g/mol. The minimum absolute atomic E-state index is 0.0247. The molecule has 0 spiro atoms. The van der Waals surface area contributed by atoms with Crippen LogP contribution in [-0.2, 0) is 22.6 Å². The molecule has 0 saturated carbocycles. The fourth-order valence-electron chi connectivity index (χ4n) is 6.50. The van der Waals surface area contributed by atoms with Crippen molar-refractivity contribution in [3.63, 3.8) is 0 Å². The van der Waals surface area contributed by atoms with E-state index in [1.165, 1.54) is 45.3 Å². The maximum Gasteiger partial charge on any atom is 0.416 e. The van der Waals surface area contributed by atoms with Gasteiger partial charge >= 0.3 is 12.4 Å².